The fraction of sp³-hybridized carbons (Fsp3) is 0.500. The molecule has 2 atom stereocenters. The molecular formula is C26H29F3N2O3. The summed E-state index contributed by atoms with van der Waals surface area (Å²) in [5, 5.41) is 3.02. The van der Waals surface area contributed by atoms with Crippen LogP contribution in [0.3, 0.4) is 0 Å². The number of halogens is 3. The number of carbonyl (C=O) groups is 1. The molecule has 5 nitrogen and oxygen atoms in total. The lowest BCUT2D eigenvalue weighted by atomic mass is 9.86. The quantitative estimate of drug-likeness (QED) is 0.611. The highest BCUT2D eigenvalue weighted by Gasteiger charge is 2.39. The molecule has 0 saturated carbocycles. The first kappa shape index (κ1) is 23.0. The van der Waals surface area contributed by atoms with E-state index >= 15 is 0 Å². The minimum atomic E-state index is -4.41. The van der Waals surface area contributed by atoms with Crippen molar-refractivity contribution >= 4 is 6.09 Å². The molecule has 2 aromatic rings. The summed E-state index contributed by atoms with van der Waals surface area (Å²) in [6.07, 6.45) is -2.26. The summed E-state index contributed by atoms with van der Waals surface area (Å²) >= 11 is 0. The van der Waals surface area contributed by atoms with Crippen molar-refractivity contribution in [3.63, 3.8) is 0 Å². The Morgan fingerprint density at radius 2 is 1.85 bits per heavy atom. The lowest BCUT2D eigenvalue weighted by Gasteiger charge is -2.44. The molecule has 182 valence electrons. The van der Waals surface area contributed by atoms with Crippen molar-refractivity contribution in [1.29, 1.82) is 0 Å². The van der Waals surface area contributed by atoms with Crippen LogP contribution in [-0.2, 0) is 10.9 Å². The first-order valence-electron chi connectivity index (χ1n) is 11.8. The fourth-order valence-corrected chi connectivity index (χ4v) is 5.39. The number of ether oxygens (including phenoxy) is 2. The average Bonchev–Trinajstić information content (AvgIpc) is 2.78. The van der Waals surface area contributed by atoms with E-state index < -0.39 is 23.4 Å². The number of carbonyl (C=O) groups excluding carboxylic acids is 1. The second-order valence-electron chi connectivity index (χ2n) is 10.2. The standard InChI is InChI=1S/C26H29F3N2O3/c1-25(2)14-21(30-24(32)33-23-15-31-10-8-16(23)9-11-31)20-7-6-18(13-22(20)34-25)17-4-3-5-19(12-17)26(27,28)29/h3-7,12-13,16,21,23H,8-11,14-15H2,1-2H3,(H,30,32)/t21?,23-/m0/s1. The number of alkyl carbamates (subject to hydrolysis) is 1. The van der Waals surface area contributed by atoms with Crippen LogP contribution < -0.4 is 10.1 Å². The maximum absolute atomic E-state index is 13.2. The third-order valence-electron chi connectivity index (χ3n) is 7.14. The Balaban J connectivity index is 1.36. The van der Waals surface area contributed by atoms with Crippen molar-refractivity contribution in [2.75, 3.05) is 19.6 Å². The molecule has 0 aliphatic carbocycles. The number of rotatable bonds is 3. The van der Waals surface area contributed by atoms with Crippen LogP contribution in [0, 0.1) is 5.92 Å². The predicted molar refractivity (Wildman–Crippen MR) is 122 cm³/mol. The molecule has 3 saturated heterocycles. The van der Waals surface area contributed by atoms with Gasteiger partial charge in [0, 0.05) is 18.5 Å². The second kappa shape index (κ2) is 8.48. The second-order valence-corrected chi connectivity index (χ2v) is 10.2. The van der Waals surface area contributed by atoms with E-state index in [9.17, 15) is 18.0 Å². The number of nitrogens with zero attached hydrogens (tertiary/aromatic N) is 1. The van der Waals surface area contributed by atoms with Crippen molar-refractivity contribution in [1.82, 2.24) is 10.2 Å². The largest absolute Gasteiger partial charge is 0.487 e. The average molecular weight is 475 g/mol. The van der Waals surface area contributed by atoms with Gasteiger partial charge < -0.3 is 14.8 Å². The number of nitrogens with one attached hydrogen (secondary N) is 1. The minimum Gasteiger partial charge on any atom is -0.487 e. The number of piperidine rings is 3. The van der Waals surface area contributed by atoms with E-state index in [-0.39, 0.29) is 12.1 Å². The summed E-state index contributed by atoms with van der Waals surface area (Å²) in [5.74, 6) is 0.975. The normalized spacial score (nSPS) is 27.4. The van der Waals surface area contributed by atoms with Crippen LogP contribution in [0.25, 0.3) is 11.1 Å². The summed E-state index contributed by atoms with van der Waals surface area (Å²) in [6, 6.07) is 10.3. The summed E-state index contributed by atoms with van der Waals surface area (Å²) in [4.78, 5) is 15.1. The van der Waals surface area contributed by atoms with Gasteiger partial charge in [0.25, 0.3) is 0 Å². The first-order chi connectivity index (χ1) is 16.1. The van der Waals surface area contributed by atoms with E-state index in [2.05, 4.69) is 10.2 Å². The van der Waals surface area contributed by atoms with Crippen LogP contribution >= 0.6 is 0 Å². The highest BCUT2D eigenvalue weighted by atomic mass is 19.4. The van der Waals surface area contributed by atoms with E-state index in [1.165, 1.54) is 6.07 Å². The highest BCUT2D eigenvalue weighted by Crippen LogP contribution is 2.42. The third-order valence-corrected chi connectivity index (χ3v) is 7.14. The molecule has 1 unspecified atom stereocenters. The van der Waals surface area contributed by atoms with E-state index in [4.69, 9.17) is 9.47 Å². The summed E-state index contributed by atoms with van der Waals surface area (Å²) < 4.78 is 51.5. The highest BCUT2D eigenvalue weighted by molar-refractivity contribution is 5.70. The van der Waals surface area contributed by atoms with Gasteiger partial charge in [0.05, 0.1) is 11.6 Å². The van der Waals surface area contributed by atoms with Crippen LogP contribution in [0.5, 0.6) is 5.75 Å². The van der Waals surface area contributed by atoms with Gasteiger partial charge in [-0.15, -0.1) is 0 Å². The zero-order chi connectivity index (χ0) is 24.1. The minimum absolute atomic E-state index is 0.0851. The van der Waals surface area contributed by atoms with Crippen molar-refractivity contribution in [3.05, 3.63) is 53.6 Å². The van der Waals surface area contributed by atoms with Gasteiger partial charge in [-0.25, -0.2) is 4.79 Å². The Morgan fingerprint density at radius 3 is 2.53 bits per heavy atom. The van der Waals surface area contributed by atoms with Gasteiger partial charge in [0.15, 0.2) is 0 Å². The summed E-state index contributed by atoms with van der Waals surface area (Å²) in [6.45, 7) is 6.79. The molecule has 2 bridgehead atoms. The SMILES string of the molecule is CC1(C)CC(NC(=O)O[C@H]2CN3CCC2CC3)c2ccc(-c3cccc(C(F)(F)F)c3)cc2O1. The fourth-order valence-electron chi connectivity index (χ4n) is 5.39. The molecule has 6 rings (SSSR count). The van der Waals surface area contributed by atoms with Crippen LogP contribution in [0.4, 0.5) is 18.0 Å². The van der Waals surface area contributed by atoms with Gasteiger partial charge in [0.2, 0.25) is 0 Å². The lowest BCUT2D eigenvalue weighted by Crippen LogP contribution is -2.53. The van der Waals surface area contributed by atoms with E-state index in [1.807, 2.05) is 19.9 Å². The number of alkyl halides is 3. The number of amides is 1. The van der Waals surface area contributed by atoms with Gasteiger partial charge in [-0.1, -0.05) is 24.3 Å². The molecule has 1 N–H and O–H groups in total. The Morgan fingerprint density at radius 1 is 1.12 bits per heavy atom. The number of fused-ring (bicyclic) bond motifs is 4. The van der Waals surface area contributed by atoms with Gasteiger partial charge in [-0.05, 0) is 75.0 Å². The monoisotopic (exact) mass is 474 g/mol. The van der Waals surface area contributed by atoms with Crippen molar-refractivity contribution in [3.8, 4) is 16.9 Å². The topological polar surface area (TPSA) is 50.8 Å². The molecule has 8 heteroatoms. The summed E-state index contributed by atoms with van der Waals surface area (Å²) in [7, 11) is 0. The molecule has 4 aliphatic heterocycles. The molecular weight excluding hydrogens is 445 g/mol. The van der Waals surface area contributed by atoms with Crippen LogP contribution in [0.2, 0.25) is 0 Å². The molecule has 0 aromatic heterocycles. The van der Waals surface area contributed by atoms with Gasteiger partial charge in [-0.3, -0.25) is 4.90 Å². The third kappa shape index (κ3) is 4.73. The lowest BCUT2D eigenvalue weighted by molar-refractivity contribution is -0.137. The number of benzene rings is 2. The smallest absolute Gasteiger partial charge is 0.416 e. The first-order valence-corrected chi connectivity index (χ1v) is 11.8. The zero-order valence-corrected chi connectivity index (χ0v) is 19.3. The maximum atomic E-state index is 13.2. The number of hydrogen-bond donors (Lipinski definition) is 1. The number of hydrogen-bond acceptors (Lipinski definition) is 4. The van der Waals surface area contributed by atoms with Crippen LogP contribution in [0.15, 0.2) is 42.5 Å². The molecule has 0 radical (unpaired) electrons. The Labute approximate surface area is 197 Å². The molecule has 3 fully saturated rings. The molecule has 34 heavy (non-hydrogen) atoms. The van der Waals surface area contributed by atoms with Gasteiger partial charge in [0.1, 0.15) is 17.5 Å². The van der Waals surface area contributed by atoms with Gasteiger partial charge >= 0.3 is 12.3 Å². The van der Waals surface area contributed by atoms with Crippen LogP contribution in [0.1, 0.15) is 50.3 Å². The van der Waals surface area contributed by atoms with E-state index in [0.29, 0.717) is 29.2 Å². The van der Waals surface area contributed by atoms with Crippen molar-refractivity contribution in [2.45, 2.75) is 57.0 Å². The predicted octanol–water partition coefficient (Wildman–Crippen LogP) is 5.80. The molecule has 2 aromatic carbocycles. The molecule has 4 heterocycles. The van der Waals surface area contributed by atoms with Crippen molar-refractivity contribution in [2.24, 2.45) is 5.92 Å². The Bertz CT molecular complexity index is 1080. The Kier molecular flexibility index (Phi) is 5.74. The zero-order valence-electron chi connectivity index (χ0n) is 19.3. The molecule has 0 spiro atoms. The van der Waals surface area contributed by atoms with E-state index in [1.54, 1.807) is 18.2 Å². The van der Waals surface area contributed by atoms with Gasteiger partial charge in [-0.2, -0.15) is 13.2 Å². The van der Waals surface area contributed by atoms with Crippen molar-refractivity contribution < 1.29 is 27.4 Å². The maximum Gasteiger partial charge on any atom is 0.416 e. The molecule has 4 aliphatic rings. The molecule has 1 amide bonds. The Hall–Kier alpha value is -2.74. The van der Waals surface area contributed by atoms with E-state index in [0.717, 1.165) is 50.2 Å². The van der Waals surface area contributed by atoms with Crippen LogP contribution in [-0.4, -0.2) is 42.3 Å². The summed E-state index contributed by atoms with van der Waals surface area (Å²) in [5.41, 5.74) is 0.611.